The third-order valence-electron chi connectivity index (χ3n) is 5.44. The Morgan fingerprint density at radius 1 is 1.12 bits per heavy atom. The van der Waals surface area contributed by atoms with Crippen LogP contribution < -0.4 is 44.9 Å². The van der Waals surface area contributed by atoms with Gasteiger partial charge < -0.3 is 19.5 Å². The molecule has 1 aliphatic rings. The Bertz CT molecular complexity index is 937. The van der Waals surface area contributed by atoms with Crippen molar-refractivity contribution in [3.63, 3.8) is 0 Å². The molecule has 0 radical (unpaired) electrons. The van der Waals surface area contributed by atoms with Crippen LogP contribution >= 0.6 is 0 Å². The summed E-state index contributed by atoms with van der Waals surface area (Å²) >= 11 is 0. The van der Waals surface area contributed by atoms with Gasteiger partial charge in [0.15, 0.2) is 0 Å². The van der Waals surface area contributed by atoms with E-state index in [1.54, 1.807) is 38.1 Å². The van der Waals surface area contributed by atoms with E-state index in [9.17, 15) is 19.5 Å². The number of carbonyl (C=O) groups excluding carboxylic acids is 3. The Morgan fingerprint density at radius 3 is 2.44 bits per heavy atom. The van der Waals surface area contributed by atoms with E-state index in [1.165, 1.54) is 4.90 Å². The van der Waals surface area contributed by atoms with Crippen molar-refractivity contribution in [2.75, 3.05) is 11.5 Å². The number of rotatable bonds is 9. The van der Waals surface area contributed by atoms with Crippen molar-refractivity contribution in [3.05, 3.63) is 65.7 Å². The van der Waals surface area contributed by atoms with Gasteiger partial charge in [-0.3, -0.25) is 14.9 Å². The summed E-state index contributed by atoms with van der Waals surface area (Å²) in [7, 11) is 0. The fourth-order valence-electron chi connectivity index (χ4n) is 3.90. The molecular formula is C24H27N2NaO5. The number of esters is 1. The van der Waals surface area contributed by atoms with Crippen molar-refractivity contribution in [1.82, 2.24) is 5.32 Å². The molecule has 0 saturated carbocycles. The van der Waals surface area contributed by atoms with Gasteiger partial charge in [0.1, 0.15) is 6.04 Å². The van der Waals surface area contributed by atoms with E-state index in [1.807, 2.05) is 30.3 Å². The first-order valence-electron chi connectivity index (χ1n) is 10.5. The Morgan fingerprint density at radius 2 is 1.78 bits per heavy atom. The molecule has 0 aromatic heterocycles. The molecule has 0 spiro atoms. The molecule has 7 nitrogen and oxygen atoms in total. The third-order valence-corrected chi connectivity index (χ3v) is 5.44. The Kier molecular flexibility index (Phi) is 9.90. The van der Waals surface area contributed by atoms with Gasteiger partial charge in [-0.1, -0.05) is 48.5 Å². The molecular weight excluding hydrogens is 419 g/mol. The molecule has 1 N–H and O–H groups in total. The maximum atomic E-state index is 13.2. The van der Waals surface area contributed by atoms with Crippen LogP contribution in [0.3, 0.4) is 0 Å². The van der Waals surface area contributed by atoms with E-state index in [-0.39, 0.29) is 42.6 Å². The second-order valence-electron chi connectivity index (χ2n) is 7.59. The van der Waals surface area contributed by atoms with Gasteiger partial charge in [-0.15, -0.1) is 0 Å². The van der Waals surface area contributed by atoms with Crippen molar-refractivity contribution in [3.8, 4) is 0 Å². The Hall–Kier alpha value is -2.19. The van der Waals surface area contributed by atoms with Crippen LogP contribution in [0.5, 0.6) is 0 Å². The van der Waals surface area contributed by atoms with Gasteiger partial charge in [-0.2, -0.15) is 0 Å². The smallest absolute Gasteiger partial charge is 0.548 e. The standard InChI is InChI=1S/C24H28N2O5.Na/c1-3-31-24(30)19(14-13-17-9-5-4-6-10-17)25-16(2)22(27)26-20-12-8-7-11-18(20)15-21(26)23(28)29;/h4-12,16,19,21,25H,3,13-15H2,1-2H3,(H,28,29);/q;+1/p-1/t16-,19?,21-;/m0./s1. The molecule has 1 aliphatic heterocycles. The minimum absolute atomic E-state index is 0. The number of carboxylic acids is 1. The molecule has 1 heterocycles. The van der Waals surface area contributed by atoms with Gasteiger partial charge in [-0.05, 0) is 43.9 Å². The molecule has 164 valence electrons. The molecule has 8 heteroatoms. The van der Waals surface area contributed by atoms with Gasteiger partial charge in [0, 0.05) is 12.1 Å². The number of ether oxygens (including phenoxy) is 1. The topological polar surface area (TPSA) is 98.8 Å². The summed E-state index contributed by atoms with van der Waals surface area (Å²) in [6, 6.07) is 14.3. The van der Waals surface area contributed by atoms with Crippen molar-refractivity contribution in [2.45, 2.75) is 51.2 Å². The average Bonchev–Trinajstić information content (AvgIpc) is 3.16. The van der Waals surface area contributed by atoms with Gasteiger partial charge >= 0.3 is 35.5 Å². The van der Waals surface area contributed by atoms with E-state index < -0.39 is 36.0 Å². The minimum atomic E-state index is -1.30. The summed E-state index contributed by atoms with van der Waals surface area (Å²) in [6.45, 7) is 3.59. The van der Waals surface area contributed by atoms with Gasteiger partial charge in [0.05, 0.1) is 24.7 Å². The number of benzene rings is 2. The van der Waals surface area contributed by atoms with Crippen LogP contribution in [-0.4, -0.2) is 42.6 Å². The number of aliphatic carboxylic acids is 1. The van der Waals surface area contributed by atoms with Crippen LogP contribution in [0.4, 0.5) is 5.69 Å². The second kappa shape index (κ2) is 12.2. The van der Waals surface area contributed by atoms with E-state index >= 15 is 0 Å². The van der Waals surface area contributed by atoms with Crippen LogP contribution in [-0.2, 0) is 32.0 Å². The van der Waals surface area contributed by atoms with E-state index in [0.29, 0.717) is 18.5 Å². The van der Waals surface area contributed by atoms with Crippen LogP contribution in [0.25, 0.3) is 0 Å². The molecule has 0 fully saturated rings. The van der Waals surface area contributed by atoms with Gasteiger partial charge in [-0.25, -0.2) is 0 Å². The minimum Gasteiger partial charge on any atom is -0.548 e. The van der Waals surface area contributed by atoms with Crippen molar-refractivity contribution in [2.24, 2.45) is 0 Å². The number of anilines is 1. The first-order chi connectivity index (χ1) is 14.9. The maximum Gasteiger partial charge on any atom is 1.00 e. The molecule has 2 aromatic rings. The number of amides is 1. The van der Waals surface area contributed by atoms with E-state index in [4.69, 9.17) is 4.74 Å². The summed E-state index contributed by atoms with van der Waals surface area (Å²) in [5.41, 5.74) is 2.42. The number of hydrogen-bond donors (Lipinski definition) is 1. The van der Waals surface area contributed by atoms with E-state index in [0.717, 1.165) is 11.1 Å². The zero-order valence-corrected chi connectivity index (χ0v) is 20.7. The number of carboxylic acid groups (broad SMARTS) is 1. The van der Waals surface area contributed by atoms with Crippen LogP contribution in [0, 0.1) is 0 Å². The third kappa shape index (κ3) is 6.19. The number of aryl methyl sites for hydroxylation is 1. The monoisotopic (exact) mass is 446 g/mol. The Labute approximate surface area is 210 Å². The predicted octanol–water partition coefficient (Wildman–Crippen LogP) is -1.76. The first-order valence-corrected chi connectivity index (χ1v) is 10.5. The van der Waals surface area contributed by atoms with Gasteiger partial charge in [0.2, 0.25) is 5.91 Å². The number of nitrogens with zero attached hydrogens (tertiary/aromatic N) is 1. The largest absolute Gasteiger partial charge is 1.00 e. The maximum absolute atomic E-state index is 13.2. The fourth-order valence-corrected chi connectivity index (χ4v) is 3.90. The first kappa shape index (κ1) is 26.1. The molecule has 0 aliphatic carbocycles. The number of fused-ring (bicyclic) bond motifs is 1. The summed E-state index contributed by atoms with van der Waals surface area (Å²) in [6.07, 6.45) is 1.28. The van der Waals surface area contributed by atoms with Crippen molar-refractivity contribution in [1.29, 1.82) is 0 Å². The molecule has 1 amide bonds. The van der Waals surface area contributed by atoms with Crippen molar-refractivity contribution < 1.29 is 53.8 Å². The molecule has 3 atom stereocenters. The number of carbonyl (C=O) groups is 3. The molecule has 2 aromatic carbocycles. The summed E-state index contributed by atoms with van der Waals surface area (Å²) in [5, 5.41) is 14.7. The number of para-hydroxylation sites is 1. The normalized spacial score (nSPS) is 16.4. The van der Waals surface area contributed by atoms with Crippen LogP contribution in [0.15, 0.2) is 54.6 Å². The zero-order chi connectivity index (χ0) is 22.4. The van der Waals surface area contributed by atoms with E-state index in [2.05, 4.69) is 5.32 Å². The summed E-state index contributed by atoms with van der Waals surface area (Å²) in [4.78, 5) is 38.7. The molecule has 0 saturated heterocycles. The fraction of sp³-hybridized carbons (Fsp3) is 0.375. The SMILES string of the molecule is CCOC(=O)C(CCc1ccccc1)N[C@@H](C)C(=O)N1c2ccccc2C[C@H]1C(=O)[O-].[Na+]. The molecule has 1 unspecified atom stereocenters. The van der Waals surface area contributed by atoms with Crippen molar-refractivity contribution >= 4 is 23.5 Å². The Balaban J connectivity index is 0.00000363. The molecule has 3 rings (SSSR count). The average molecular weight is 446 g/mol. The zero-order valence-electron chi connectivity index (χ0n) is 18.7. The summed E-state index contributed by atoms with van der Waals surface area (Å²) in [5.74, 6) is -2.16. The molecule has 0 bridgehead atoms. The van der Waals surface area contributed by atoms with Gasteiger partial charge in [0.25, 0.3) is 0 Å². The molecule has 32 heavy (non-hydrogen) atoms. The summed E-state index contributed by atoms with van der Waals surface area (Å²) < 4.78 is 5.18. The predicted molar refractivity (Wildman–Crippen MR) is 114 cm³/mol. The van der Waals surface area contributed by atoms with Crippen LogP contribution in [0.1, 0.15) is 31.4 Å². The number of nitrogens with one attached hydrogen (secondary N) is 1. The van der Waals surface area contributed by atoms with Crippen LogP contribution in [0.2, 0.25) is 0 Å². The number of hydrogen-bond acceptors (Lipinski definition) is 6. The second-order valence-corrected chi connectivity index (χ2v) is 7.59. The quantitative estimate of drug-likeness (QED) is 0.362.